The highest BCUT2D eigenvalue weighted by Crippen LogP contribution is 2.28. The molecule has 28 heavy (non-hydrogen) atoms. The van der Waals surface area contributed by atoms with Crippen LogP contribution in [0.25, 0.3) is 0 Å². The molecule has 0 atom stereocenters. The zero-order chi connectivity index (χ0) is 20.1. The van der Waals surface area contributed by atoms with Gasteiger partial charge in [-0.25, -0.2) is 0 Å². The van der Waals surface area contributed by atoms with E-state index in [0.29, 0.717) is 17.1 Å². The topological polar surface area (TPSA) is 52.4 Å². The Kier molecular flexibility index (Phi) is 6.80. The first kappa shape index (κ1) is 20.5. The molecule has 1 aliphatic rings. The standard InChI is InChI=1S/C21H25BrN2O4/c1-26-18-6-4-15(12-17(18)22)14-23-8-10-24(11-9-23)21(25)16-5-7-19(27-2)20(13-16)28-3/h4-7,12-13H,8-11,14H2,1-3H3/p+1. The van der Waals surface area contributed by atoms with Gasteiger partial charge in [0.2, 0.25) is 0 Å². The van der Waals surface area contributed by atoms with E-state index in [1.165, 1.54) is 10.5 Å². The predicted octanol–water partition coefficient (Wildman–Crippen LogP) is 2.02. The lowest BCUT2D eigenvalue weighted by atomic mass is 10.1. The van der Waals surface area contributed by atoms with E-state index in [1.807, 2.05) is 11.0 Å². The monoisotopic (exact) mass is 449 g/mol. The van der Waals surface area contributed by atoms with E-state index in [4.69, 9.17) is 14.2 Å². The third-order valence-corrected chi connectivity index (χ3v) is 5.68. The van der Waals surface area contributed by atoms with Crippen molar-refractivity contribution < 1.29 is 23.9 Å². The molecule has 1 heterocycles. The van der Waals surface area contributed by atoms with E-state index < -0.39 is 0 Å². The predicted molar refractivity (Wildman–Crippen MR) is 111 cm³/mol. The molecule has 2 aromatic rings. The molecule has 150 valence electrons. The summed E-state index contributed by atoms with van der Waals surface area (Å²) in [5, 5.41) is 0. The van der Waals surface area contributed by atoms with Crippen molar-refractivity contribution in [1.29, 1.82) is 0 Å². The number of ether oxygens (including phenoxy) is 3. The summed E-state index contributed by atoms with van der Waals surface area (Å²) >= 11 is 3.54. The number of carbonyl (C=O) groups excluding carboxylic acids is 1. The van der Waals surface area contributed by atoms with Crippen LogP contribution in [0.15, 0.2) is 40.9 Å². The summed E-state index contributed by atoms with van der Waals surface area (Å²) in [5.41, 5.74) is 1.88. The van der Waals surface area contributed by atoms with Crippen molar-refractivity contribution in [3.8, 4) is 17.2 Å². The molecule has 1 aliphatic heterocycles. The molecule has 1 amide bonds. The fourth-order valence-corrected chi connectivity index (χ4v) is 4.05. The minimum atomic E-state index is 0.0344. The quantitative estimate of drug-likeness (QED) is 0.732. The van der Waals surface area contributed by atoms with Crippen molar-refractivity contribution in [2.75, 3.05) is 47.5 Å². The van der Waals surface area contributed by atoms with Crippen LogP contribution in [-0.2, 0) is 6.54 Å². The van der Waals surface area contributed by atoms with E-state index in [0.717, 1.165) is 42.9 Å². The molecule has 0 radical (unpaired) electrons. The Morgan fingerprint density at radius 3 is 2.21 bits per heavy atom. The van der Waals surface area contributed by atoms with Crippen LogP contribution in [-0.4, -0.2) is 58.3 Å². The Morgan fingerprint density at radius 2 is 1.61 bits per heavy atom. The van der Waals surface area contributed by atoms with Gasteiger partial charge < -0.3 is 24.0 Å². The fraction of sp³-hybridized carbons (Fsp3) is 0.381. The van der Waals surface area contributed by atoms with Gasteiger partial charge >= 0.3 is 0 Å². The minimum Gasteiger partial charge on any atom is -0.496 e. The van der Waals surface area contributed by atoms with Gasteiger partial charge in [0, 0.05) is 11.1 Å². The highest BCUT2D eigenvalue weighted by Gasteiger charge is 2.25. The maximum Gasteiger partial charge on any atom is 0.254 e. The lowest BCUT2D eigenvalue weighted by Gasteiger charge is -2.32. The smallest absolute Gasteiger partial charge is 0.254 e. The van der Waals surface area contributed by atoms with Crippen LogP contribution in [0.3, 0.4) is 0 Å². The van der Waals surface area contributed by atoms with Crippen molar-refractivity contribution in [2.24, 2.45) is 0 Å². The largest absolute Gasteiger partial charge is 0.496 e. The first-order chi connectivity index (χ1) is 13.5. The second-order valence-electron chi connectivity index (χ2n) is 6.76. The number of nitrogens with one attached hydrogen (secondary N) is 1. The zero-order valence-corrected chi connectivity index (χ0v) is 18.0. The third-order valence-electron chi connectivity index (χ3n) is 5.06. The van der Waals surface area contributed by atoms with Crippen LogP contribution in [0.5, 0.6) is 17.2 Å². The van der Waals surface area contributed by atoms with Gasteiger partial charge in [0.15, 0.2) is 11.5 Å². The van der Waals surface area contributed by atoms with Crippen molar-refractivity contribution in [2.45, 2.75) is 6.54 Å². The molecule has 0 spiro atoms. The fourth-order valence-electron chi connectivity index (χ4n) is 3.46. The first-order valence-electron chi connectivity index (χ1n) is 9.23. The van der Waals surface area contributed by atoms with E-state index in [2.05, 4.69) is 28.1 Å². The van der Waals surface area contributed by atoms with Gasteiger partial charge in [0.1, 0.15) is 12.3 Å². The van der Waals surface area contributed by atoms with E-state index in [9.17, 15) is 4.79 Å². The molecule has 0 bridgehead atoms. The number of halogens is 1. The Balaban J connectivity index is 1.59. The molecule has 0 saturated carbocycles. The molecule has 1 N–H and O–H groups in total. The van der Waals surface area contributed by atoms with Gasteiger partial charge in [-0.15, -0.1) is 0 Å². The summed E-state index contributed by atoms with van der Waals surface area (Å²) in [6, 6.07) is 11.5. The maximum absolute atomic E-state index is 12.8. The first-order valence-corrected chi connectivity index (χ1v) is 10.0. The maximum atomic E-state index is 12.8. The Morgan fingerprint density at radius 1 is 0.964 bits per heavy atom. The average molecular weight is 450 g/mol. The van der Waals surface area contributed by atoms with Crippen LogP contribution in [0.1, 0.15) is 15.9 Å². The van der Waals surface area contributed by atoms with Gasteiger partial charge in [-0.1, -0.05) is 0 Å². The van der Waals surface area contributed by atoms with E-state index in [-0.39, 0.29) is 5.91 Å². The van der Waals surface area contributed by atoms with Gasteiger partial charge in [-0.3, -0.25) is 4.79 Å². The number of amides is 1. The summed E-state index contributed by atoms with van der Waals surface area (Å²) in [5.74, 6) is 2.07. The lowest BCUT2D eigenvalue weighted by Crippen LogP contribution is -3.13. The third kappa shape index (κ3) is 4.59. The number of hydrogen-bond acceptors (Lipinski definition) is 4. The molecule has 2 aromatic carbocycles. The van der Waals surface area contributed by atoms with Gasteiger partial charge in [0.05, 0.1) is 52.0 Å². The summed E-state index contributed by atoms with van der Waals surface area (Å²) in [6.07, 6.45) is 0. The molecule has 1 saturated heterocycles. The van der Waals surface area contributed by atoms with E-state index in [1.54, 1.807) is 39.5 Å². The number of piperazine rings is 1. The van der Waals surface area contributed by atoms with Crippen molar-refractivity contribution in [3.05, 3.63) is 52.0 Å². The van der Waals surface area contributed by atoms with Crippen LogP contribution in [0.4, 0.5) is 0 Å². The number of quaternary nitrogens is 1. The zero-order valence-electron chi connectivity index (χ0n) is 16.5. The second-order valence-corrected chi connectivity index (χ2v) is 7.61. The SMILES string of the molecule is COc1ccc(C[NH+]2CCN(C(=O)c3ccc(OC)c(OC)c3)CC2)cc1Br. The Labute approximate surface area is 174 Å². The highest BCUT2D eigenvalue weighted by atomic mass is 79.9. The molecule has 3 rings (SSSR count). The Bertz CT molecular complexity index is 835. The highest BCUT2D eigenvalue weighted by molar-refractivity contribution is 9.10. The molecule has 1 fully saturated rings. The summed E-state index contributed by atoms with van der Waals surface area (Å²) < 4.78 is 16.8. The molecular formula is C21H26BrN2O4+. The van der Waals surface area contributed by atoms with Crippen LogP contribution >= 0.6 is 15.9 Å². The molecule has 0 aliphatic carbocycles. The van der Waals surface area contributed by atoms with Crippen LogP contribution in [0, 0.1) is 0 Å². The molecule has 6 nitrogen and oxygen atoms in total. The normalized spacial score (nSPS) is 14.6. The minimum absolute atomic E-state index is 0.0344. The number of methoxy groups -OCH3 is 3. The van der Waals surface area contributed by atoms with Crippen molar-refractivity contribution in [3.63, 3.8) is 0 Å². The van der Waals surface area contributed by atoms with Crippen molar-refractivity contribution in [1.82, 2.24) is 4.90 Å². The number of nitrogens with zero attached hydrogens (tertiary/aromatic N) is 1. The second kappa shape index (κ2) is 9.30. The Hall–Kier alpha value is -2.25. The molecular weight excluding hydrogens is 424 g/mol. The lowest BCUT2D eigenvalue weighted by molar-refractivity contribution is -0.917. The number of hydrogen-bond donors (Lipinski definition) is 1. The number of rotatable bonds is 6. The summed E-state index contributed by atoms with van der Waals surface area (Å²) in [6.45, 7) is 4.24. The molecule has 0 aromatic heterocycles. The van der Waals surface area contributed by atoms with Gasteiger partial charge in [0.25, 0.3) is 5.91 Å². The number of carbonyl (C=O) groups is 1. The van der Waals surface area contributed by atoms with Gasteiger partial charge in [-0.05, 0) is 52.3 Å². The van der Waals surface area contributed by atoms with Crippen LogP contribution in [0.2, 0.25) is 0 Å². The summed E-state index contributed by atoms with van der Waals surface area (Å²) in [4.78, 5) is 16.2. The average Bonchev–Trinajstić information content (AvgIpc) is 2.73. The number of benzene rings is 2. The summed E-state index contributed by atoms with van der Waals surface area (Å²) in [7, 11) is 4.83. The van der Waals surface area contributed by atoms with Crippen molar-refractivity contribution >= 4 is 21.8 Å². The molecule has 0 unspecified atom stereocenters. The van der Waals surface area contributed by atoms with Crippen LogP contribution < -0.4 is 19.1 Å². The molecule has 7 heteroatoms. The van der Waals surface area contributed by atoms with Gasteiger partial charge in [-0.2, -0.15) is 0 Å². The van der Waals surface area contributed by atoms with E-state index >= 15 is 0 Å².